The van der Waals surface area contributed by atoms with E-state index in [1.807, 2.05) is 6.08 Å². The van der Waals surface area contributed by atoms with E-state index in [9.17, 15) is 0 Å². The maximum absolute atomic E-state index is 8.57. The van der Waals surface area contributed by atoms with E-state index in [4.69, 9.17) is 5.11 Å². The maximum Gasteiger partial charge on any atom is 0.0434 e. The van der Waals surface area contributed by atoms with Gasteiger partial charge in [0.05, 0.1) is 0 Å². The number of aliphatic hydroxyl groups is 1. The van der Waals surface area contributed by atoms with Crippen LogP contribution in [0.15, 0.2) is 24.3 Å². The van der Waals surface area contributed by atoms with E-state index in [1.165, 1.54) is 12.0 Å². The van der Waals surface area contributed by atoms with Gasteiger partial charge in [0.2, 0.25) is 0 Å². The van der Waals surface area contributed by atoms with Crippen LogP contribution in [0.3, 0.4) is 0 Å². The third kappa shape index (κ3) is 5.86. The Balaban J connectivity index is 3.64. The summed E-state index contributed by atoms with van der Waals surface area (Å²) in [5.41, 5.74) is 1.26. The van der Waals surface area contributed by atoms with Crippen molar-refractivity contribution in [2.75, 3.05) is 6.61 Å². The predicted molar refractivity (Wildman–Crippen MR) is 49.5 cm³/mol. The summed E-state index contributed by atoms with van der Waals surface area (Å²) in [5, 5.41) is 8.57. The van der Waals surface area contributed by atoms with Crippen LogP contribution in [0.25, 0.3) is 0 Å². The molecule has 0 bridgehead atoms. The number of hydrogen-bond donors (Lipinski definition) is 1. The highest BCUT2D eigenvalue weighted by molar-refractivity contribution is 5.15. The first-order chi connectivity index (χ1) is 5.35. The van der Waals surface area contributed by atoms with E-state index in [-0.39, 0.29) is 6.61 Å². The molecule has 0 amide bonds. The Morgan fingerprint density at radius 2 is 2.27 bits per heavy atom. The molecule has 0 heterocycles. The molecule has 0 aliphatic heterocycles. The monoisotopic (exact) mass is 154 g/mol. The molecule has 0 aliphatic carbocycles. The summed E-state index contributed by atoms with van der Waals surface area (Å²) >= 11 is 0. The Morgan fingerprint density at radius 3 is 2.73 bits per heavy atom. The van der Waals surface area contributed by atoms with Crippen LogP contribution in [0.1, 0.15) is 32.6 Å². The number of rotatable bonds is 6. The molecule has 0 fully saturated rings. The van der Waals surface area contributed by atoms with Crippen LogP contribution < -0.4 is 0 Å². The van der Waals surface area contributed by atoms with Gasteiger partial charge in [-0.25, -0.2) is 0 Å². The average Bonchev–Trinajstić information content (AvgIpc) is 2.05. The average molecular weight is 154 g/mol. The minimum atomic E-state index is 0.275. The third-order valence-corrected chi connectivity index (χ3v) is 1.58. The summed E-state index contributed by atoms with van der Waals surface area (Å²) in [6, 6.07) is 0. The van der Waals surface area contributed by atoms with Crippen molar-refractivity contribution in [1.82, 2.24) is 0 Å². The predicted octanol–water partition coefficient (Wildman–Crippen LogP) is 2.67. The van der Waals surface area contributed by atoms with Crippen LogP contribution in [0.2, 0.25) is 0 Å². The van der Waals surface area contributed by atoms with Gasteiger partial charge in [-0.15, -0.1) is 0 Å². The molecular weight excluding hydrogens is 136 g/mol. The fraction of sp³-hybridized carbons (Fsp3) is 0.600. The Morgan fingerprint density at radius 1 is 1.55 bits per heavy atom. The largest absolute Gasteiger partial charge is 0.396 e. The molecule has 0 aromatic rings. The van der Waals surface area contributed by atoms with Gasteiger partial charge < -0.3 is 5.11 Å². The van der Waals surface area contributed by atoms with Crippen LogP contribution >= 0.6 is 0 Å². The molecule has 1 nitrogen and oxygen atoms in total. The molecule has 1 heteroatoms. The Bertz CT molecular complexity index is 125. The molecule has 64 valence electrons. The zero-order valence-corrected chi connectivity index (χ0v) is 7.34. The number of unbranched alkanes of at least 4 members (excludes halogenated alkanes) is 1. The van der Waals surface area contributed by atoms with Crippen molar-refractivity contribution in [1.29, 1.82) is 0 Å². The minimum absolute atomic E-state index is 0.275. The van der Waals surface area contributed by atoms with Crippen LogP contribution in [0.4, 0.5) is 0 Å². The molecule has 1 N–H and O–H groups in total. The van der Waals surface area contributed by atoms with Gasteiger partial charge in [-0.2, -0.15) is 0 Å². The molecule has 0 aromatic heterocycles. The minimum Gasteiger partial charge on any atom is -0.396 e. The van der Waals surface area contributed by atoms with E-state index in [2.05, 4.69) is 19.6 Å². The van der Waals surface area contributed by atoms with Gasteiger partial charge in [-0.3, -0.25) is 0 Å². The van der Waals surface area contributed by atoms with Crippen molar-refractivity contribution in [2.45, 2.75) is 32.6 Å². The van der Waals surface area contributed by atoms with Crippen molar-refractivity contribution >= 4 is 0 Å². The van der Waals surface area contributed by atoms with E-state index in [0.29, 0.717) is 0 Å². The lowest BCUT2D eigenvalue weighted by Crippen LogP contribution is -1.84. The van der Waals surface area contributed by atoms with Crippen molar-refractivity contribution in [3.63, 3.8) is 0 Å². The Hall–Kier alpha value is -0.560. The maximum atomic E-state index is 8.57. The lowest BCUT2D eigenvalue weighted by atomic mass is 10.1. The van der Waals surface area contributed by atoms with Gasteiger partial charge in [0.1, 0.15) is 0 Å². The molecule has 0 aromatic carbocycles. The third-order valence-electron chi connectivity index (χ3n) is 1.58. The highest BCUT2D eigenvalue weighted by atomic mass is 16.2. The molecule has 0 atom stereocenters. The van der Waals surface area contributed by atoms with Crippen LogP contribution in [-0.2, 0) is 0 Å². The second-order valence-corrected chi connectivity index (χ2v) is 2.60. The molecule has 0 saturated heterocycles. The number of allylic oxidation sites excluding steroid dienone is 3. The van der Waals surface area contributed by atoms with Gasteiger partial charge >= 0.3 is 0 Å². The molecule has 0 aliphatic rings. The fourth-order valence-electron chi connectivity index (χ4n) is 0.900. The van der Waals surface area contributed by atoms with Gasteiger partial charge in [-0.05, 0) is 19.3 Å². The molecular formula is C10H18O. The van der Waals surface area contributed by atoms with E-state index in [1.54, 1.807) is 0 Å². The van der Waals surface area contributed by atoms with Crippen LogP contribution in [0, 0.1) is 0 Å². The molecule has 0 spiro atoms. The summed E-state index contributed by atoms with van der Waals surface area (Å²) in [7, 11) is 0. The second-order valence-electron chi connectivity index (χ2n) is 2.60. The molecule has 0 saturated carbocycles. The molecule has 0 radical (unpaired) electrons. The molecule has 0 rings (SSSR count). The van der Waals surface area contributed by atoms with Gasteiger partial charge in [0.25, 0.3) is 0 Å². The summed E-state index contributed by atoms with van der Waals surface area (Å²) in [4.78, 5) is 0. The molecule has 0 unspecified atom stereocenters. The van der Waals surface area contributed by atoms with Crippen LogP contribution in [-0.4, -0.2) is 11.7 Å². The zero-order valence-electron chi connectivity index (χ0n) is 7.34. The Kier molecular flexibility index (Phi) is 7.16. The summed E-state index contributed by atoms with van der Waals surface area (Å²) in [6.07, 6.45) is 8.18. The van der Waals surface area contributed by atoms with Gasteiger partial charge in [0, 0.05) is 6.61 Å². The van der Waals surface area contributed by atoms with Crippen molar-refractivity contribution < 1.29 is 5.11 Å². The highest BCUT2D eigenvalue weighted by Gasteiger charge is 1.89. The Labute approximate surface area is 69.4 Å². The first-order valence-electron chi connectivity index (χ1n) is 4.27. The summed E-state index contributed by atoms with van der Waals surface area (Å²) < 4.78 is 0. The number of hydrogen-bond acceptors (Lipinski definition) is 1. The lowest BCUT2D eigenvalue weighted by molar-refractivity contribution is 0.289. The standard InChI is InChI=1S/C10H18O/c1-3-5-7-10(4-2)8-6-9-11/h4,7,11H,2-3,5-6,8-9H2,1H3/b10-7+. The van der Waals surface area contributed by atoms with Gasteiger partial charge in [-0.1, -0.05) is 37.6 Å². The van der Waals surface area contributed by atoms with Crippen molar-refractivity contribution in [3.8, 4) is 0 Å². The smallest absolute Gasteiger partial charge is 0.0434 e. The SMILES string of the molecule is C=C/C(=C\CCC)CCCO. The normalized spacial score (nSPS) is 11.6. The van der Waals surface area contributed by atoms with Gasteiger partial charge in [0.15, 0.2) is 0 Å². The van der Waals surface area contributed by atoms with E-state index < -0.39 is 0 Å². The molecule has 11 heavy (non-hydrogen) atoms. The second kappa shape index (κ2) is 7.55. The van der Waals surface area contributed by atoms with Crippen molar-refractivity contribution in [2.24, 2.45) is 0 Å². The topological polar surface area (TPSA) is 20.2 Å². The quantitative estimate of drug-likeness (QED) is 0.583. The first kappa shape index (κ1) is 10.4. The fourth-order valence-corrected chi connectivity index (χ4v) is 0.900. The highest BCUT2D eigenvalue weighted by Crippen LogP contribution is 2.07. The van der Waals surface area contributed by atoms with Crippen LogP contribution in [0.5, 0.6) is 0 Å². The zero-order chi connectivity index (χ0) is 8.53. The number of aliphatic hydroxyl groups excluding tert-OH is 1. The lowest BCUT2D eigenvalue weighted by Gasteiger charge is -1.98. The summed E-state index contributed by atoms with van der Waals surface area (Å²) in [5.74, 6) is 0. The van der Waals surface area contributed by atoms with Crippen molar-refractivity contribution in [3.05, 3.63) is 24.3 Å². The summed E-state index contributed by atoms with van der Waals surface area (Å²) in [6.45, 7) is 6.15. The van der Waals surface area contributed by atoms with E-state index >= 15 is 0 Å². The first-order valence-corrected chi connectivity index (χ1v) is 4.27. The van der Waals surface area contributed by atoms with E-state index in [0.717, 1.165) is 19.3 Å².